The van der Waals surface area contributed by atoms with Gasteiger partial charge in [0.25, 0.3) is 0 Å². The summed E-state index contributed by atoms with van der Waals surface area (Å²) in [5, 5.41) is 2.56. The van der Waals surface area contributed by atoms with Crippen LogP contribution in [0.15, 0.2) is 0 Å². The first-order valence-electron chi connectivity index (χ1n) is 13.0. The quantitative estimate of drug-likeness (QED) is 0.183. The Morgan fingerprint density at radius 1 is 0.414 bits per heavy atom. The van der Waals surface area contributed by atoms with Gasteiger partial charge in [0.2, 0.25) is 11.8 Å². The van der Waals surface area contributed by atoms with Crippen molar-refractivity contribution in [1.82, 2.24) is 5.32 Å². The van der Waals surface area contributed by atoms with Gasteiger partial charge < -0.3 is 0 Å². The molecule has 172 valence electrons. The largest absolute Gasteiger partial charge is 0.296 e. The summed E-state index contributed by atoms with van der Waals surface area (Å²) in [4.78, 5) is 23.7. The second-order valence-corrected chi connectivity index (χ2v) is 8.84. The van der Waals surface area contributed by atoms with Gasteiger partial charge in [0, 0.05) is 12.8 Å². The highest BCUT2D eigenvalue weighted by molar-refractivity contribution is 5.95. The van der Waals surface area contributed by atoms with Crippen molar-refractivity contribution in [1.29, 1.82) is 0 Å². The van der Waals surface area contributed by atoms with Gasteiger partial charge in [-0.2, -0.15) is 0 Å². The highest BCUT2D eigenvalue weighted by Crippen LogP contribution is 2.12. The van der Waals surface area contributed by atoms with Gasteiger partial charge in [0.05, 0.1) is 0 Å². The molecule has 0 heterocycles. The van der Waals surface area contributed by atoms with Crippen molar-refractivity contribution in [2.45, 2.75) is 155 Å². The lowest BCUT2D eigenvalue weighted by molar-refractivity contribution is -0.130. The summed E-state index contributed by atoms with van der Waals surface area (Å²) < 4.78 is 0. The Morgan fingerprint density at radius 2 is 0.655 bits per heavy atom. The van der Waals surface area contributed by atoms with Gasteiger partial charge in [0.15, 0.2) is 0 Å². The monoisotopic (exact) mass is 409 g/mol. The summed E-state index contributed by atoms with van der Waals surface area (Å²) in [7, 11) is 0. The van der Waals surface area contributed by atoms with Crippen LogP contribution in [-0.4, -0.2) is 11.8 Å². The first-order chi connectivity index (χ1) is 14.2. The molecule has 1 N–H and O–H groups in total. The van der Waals surface area contributed by atoms with Gasteiger partial charge in [-0.1, -0.05) is 129 Å². The van der Waals surface area contributed by atoms with Crippen molar-refractivity contribution in [3.8, 4) is 0 Å². The summed E-state index contributed by atoms with van der Waals surface area (Å²) in [5.74, 6) is -0.164. The molecule has 0 atom stereocenters. The van der Waals surface area contributed by atoms with E-state index in [1.54, 1.807) is 0 Å². The van der Waals surface area contributed by atoms with E-state index in [1.165, 1.54) is 103 Å². The van der Waals surface area contributed by atoms with Gasteiger partial charge in [-0.25, -0.2) is 0 Å². The molecule has 3 heteroatoms. The third kappa shape index (κ3) is 23.3. The highest BCUT2D eigenvalue weighted by Gasteiger charge is 2.07. The molecule has 0 fully saturated rings. The number of carbonyl (C=O) groups is 2. The average Bonchev–Trinajstić information content (AvgIpc) is 2.70. The van der Waals surface area contributed by atoms with Crippen molar-refractivity contribution in [2.75, 3.05) is 0 Å². The minimum atomic E-state index is -0.0818. The fraction of sp³-hybridized carbons (Fsp3) is 0.923. The fourth-order valence-corrected chi connectivity index (χ4v) is 3.83. The third-order valence-corrected chi connectivity index (χ3v) is 5.79. The van der Waals surface area contributed by atoms with E-state index >= 15 is 0 Å². The Morgan fingerprint density at radius 3 is 0.931 bits per heavy atom. The molecule has 0 saturated carbocycles. The van der Waals surface area contributed by atoms with Crippen molar-refractivity contribution in [2.24, 2.45) is 0 Å². The van der Waals surface area contributed by atoms with Crippen LogP contribution in [0.25, 0.3) is 0 Å². The maximum absolute atomic E-state index is 11.8. The smallest absolute Gasteiger partial charge is 0.226 e. The minimum absolute atomic E-state index is 0.0818. The summed E-state index contributed by atoms with van der Waals surface area (Å²) in [6, 6.07) is 0. The zero-order valence-corrected chi connectivity index (χ0v) is 19.9. The zero-order valence-electron chi connectivity index (χ0n) is 19.9. The van der Waals surface area contributed by atoms with Crippen LogP contribution >= 0.6 is 0 Å². The number of imide groups is 1. The molecular weight excluding hydrogens is 358 g/mol. The number of nitrogens with one attached hydrogen (secondary N) is 1. The van der Waals surface area contributed by atoms with Gasteiger partial charge >= 0.3 is 0 Å². The Kier molecular flexibility index (Phi) is 22.7. The lowest BCUT2D eigenvalue weighted by atomic mass is 10.1. The van der Waals surface area contributed by atoms with Gasteiger partial charge in [-0.3, -0.25) is 14.9 Å². The van der Waals surface area contributed by atoms with Crippen molar-refractivity contribution < 1.29 is 9.59 Å². The standard InChI is InChI=1S/C26H51NO2/c1-3-5-7-9-11-13-15-17-19-21-23-25(28)27-26(29)24-22-20-18-16-14-12-10-8-6-4-2/h3-24H2,1-2H3,(H,27,28,29). The molecule has 29 heavy (non-hydrogen) atoms. The van der Waals surface area contributed by atoms with Crippen molar-refractivity contribution >= 4 is 11.8 Å². The van der Waals surface area contributed by atoms with Crippen LogP contribution in [0.1, 0.15) is 155 Å². The number of hydrogen-bond donors (Lipinski definition) is 1. The molecular formula is C26H51NO2. The zero-order chi connectivity index (χ0) is 21.4. The molecule has 0 aromatic carbocycles. The first kappa shape index (κ1) is 28.1. The maximum Gasteiger partial charge on any atom is 0.226 e. The predicted octanol–water partition coefficient (Wildman–Crippen LogP) is 8.25. The van der Waals surface area contributed by atoms with E-state index in [2.05, 4.69) is 19.2 Å². The third-order valence-electron chi connectivity index (χ3n) is 5.79. The number of unbranched alkanes of at least 4 members (excludes halogenated alkanes) is 18. The molecule has 0 spiro atoms. The average molecular weight is 410 g/mol. The topological polar surface area (TPSA) is 46.2 Å². The number of hydrogen-bond acceptors (Lipinski definition) is 2. The summed E-state index contributed by atoms with van der Waals surface area (Å²) >= 11 is 0. The molecule has 0 aliphatic carbocycles. The first-order valence-corrected chi connectivity index (χ1v) is 13.0. The molecule has 0 radical (unpaired) electrons. The highest BCUT2D eigenvalue weighted by atomic mass is 16.2. The summed E-state index contributed by atoms with van der Waals surface area (Å²) in [5.41, 5.74) is 0. The van der Waals surface area contributed by atoms with Gasteiger partial charge in [-0.15, -0.1) is 0 Å². The SMILES string of the molecule is CCCCCCCCCCCCC(=O)NC(=O)CCCCCCCCCCCC. The lowest BCUT2D eigenvalue weighted by Crippen LogP contribution is -2.29. The van der Waals surface area contributed by atoms with E-state index in [4.69, 9.17) is 0 Å². The van der Waals surface area contributed by atoms with Crippen LogP contribution in [0, 0.1) is 0 Å². The molecule has 3 nitrogen and oxygen atoms in total. The second-order valence-electron chi connectivity index (χ2n) is 8.84. The van der Waals surface area contributed by atoms with Crippen LogP contribution in [0.4, 0.5) is 0 Å². The normalized spacial score (nSPS) is 11.0. The second kappa shape index (κ2) is 23.4. The Bertz CT molecular complexity index is 334. The van der Waals surface area contributed by atoms with Crippen LogP contribution in [-0.2, 0) is 9.59 Å². The van der Waals surface area contributed by atoms with E-state index < -0.39 is 0 Å². The number of carbonyl (C=O) groups excluding carboxylic acids is 2. The van der Waals surface area contributed by atoms with Gasteiger partial charge in [0.1, 0.15) is 0 Å². The molecule has 0 unspecified atom stereocenters. The molecule has 0 aromatic rings. The Balaban J connectivity index is 3.32. The molecule has 0 bridgehead atoms. The van der Waals surface area contributed by atoms with E-state index in [-0.39, 0.29) is 11.8 Å². The van der Waals surface area contributed by atoms with Crippen molar-refractivity contribution in [3.05, 3.63) is 0 Å². The maximum atomic E-state index is 11.8. The minimum Gasteiger partial charge on any atom is -0.296 e. The van der Waals surface area contributed by atoms with E-state index in [1.807, 2.05) is 0 Å². The lowest BCUT2D eigenvalue weighted by Gasteiger charge is -2.05. The molecule has 0 rings (SSSR count). The predicted molar refractivity (Wildman–Crippen MR) is 126 cm³/mol. The molecule has 0 saturated heterocycles. The summed E-state index contributed by atoms with van der Waals surface area (Å²) in [6.07, 6.45) is 26.3. The van der Waals surface area contributed by atoms with E-state index in [9.17, 15) is 9.59 Å². The fourth-order valence-electron chi connectivity index (χ4n) is 3.83. The van der Waals surface area contributed by atoms with Crippen LogP contribution in [0.5, 0.6) is 0 Å². The summed E-state index contributed by atoms with van der Waals surface area (Å²) in [6.45, 7) is 4.50. The Labute approximate surface area is 182 Å². The van der Waals surface area contributed by atoms with Crippen LogP contribution in [0.3, 0.4) is 0 Å². The number of amides is 2. The number of rotatable bonds is 22. The van der Waals surface area contributed by atoms with Crippen LogP contribution < -0.4 is 5.32 Å². The molecule has 0 aromatic heterocycles. The van der Waals surface area contributed by atoms with Crippen molar-refractivity contribution in [3.63, 3.8) is 0 Å². The Hall–Kier alpha value is -0.860. The van der Waals surface area contributed by atoms with E-state index in [0.717, 1.165) is 25.7 Å². The molecule has 0 aliphatic rings. The molecule has 0 aliphatic heterocycles. The van der Waals surface area contributed by atoms with E-state index in [0.29, 0.717) is 12.8 Å². The van der Waals surface area contributed by atoms with Crippen LogP contribution in [0.2, 0.25) is 0 Å². The molecule has 2 amide bonds. The van der Waals surface area contributed by atoms with Gasteiger partial charge in [-0.05, 0) is 12.8 Å².